The van der Waals surface area contributed by atoms with Gasteiger partial charge in [-0.2, -0.15) is 4.98 Å². The molecule has 0 aliphatic carbocycles. The van der Waals surface area contributed by atoms with Gasteiger partial charge in [-0.05, 0) is 28.5 Å². The number of benzene rings is 2. The quantitative estimate of drug-likeness (QED) is 0.676. The van der Waals surface area contributed by atoms with E-state index in [1.165, 1.54) is 0 Å². The van der Waals surface area contributed by atoms with Crippen LogP contribution in [0.5, 0.6) is 5.75 Å². The van der Waals surface area contributed by atoms with Gasteiger partial charge in [-0.25, -0.2) is 0 Å². The van der Waals surface area contributed by atoms with E-state index in [0.29, 0.717) is 30.4 Å². The molecule has 0 unspecified atom stereocenters. The molecule has 0 aliphatic rings. The number of fused-ring (bicyclic) bond motifs is 1. The van der Waals surface area contributed by atoms with E-state index in [-0.39, 0.29) is 0 Å². The second-order valence-electron chi connectivity index (χ2n) is 4.72. The van der Waals surface area contributed by atoms with Crippen molar-refractivity contribution in [1.82, 2.24) is 10.1 Å². The van der Waals surface area contributed by atoms with Gasteiger partial charge >= 0.3 is 0 Å². The second kappa shape index (κ2) is 6.14. The van der Waals surface area contributed by atoms with Gasteiger partial charge in [0.2, 0.25) is 5.89 Å². The third-order valence-electron chi connectivity index (χ3n) is 3.35. The van der Waals surface area contributed by atoms with E-state index in [1.54, 1.807) is 7.11 Å². The second-order valence-corrected chi connectivity index (χ2v) is 5.10. The zero-order chi connectivity index (χ0) is 14.7. The molecule has 0 saturated carbocycles. The van der Waals surface area contributed by atoms with Crippen LogP contribution in [0.1, 0.15) is 17.3 Å². The number of hydrogen-bond donors (Lipinski definition) is 0. The summed E-state index contributed by atoms with van der Waals surface area (Å²) in [7, 11) is 1.67. The van der Waals surface area contributed by atoms with Crippen LogP contribution in [-0.4, -0.2) is 23.1 Å². The molecule has 0 amide bonds. The molecule has 0 radical (unpaired) electrons. The van der Waals surface area contributed by atoms with Crippen molar-refractivity contribution in [2.24, 2.45) is 0 Å². The summed E-state index contributed by atoms with van der Waals surface area (Å²) in [5.74, 6) is 2.57. The molecule has 2 aromatic carbocycles. The van der Waals surface area contributed by atoms with E-state index in [0.717, 1.165) is 22.1 Å². The van der Waals surface area contributed by atoms with Gasteiger partial charge in [-0.1, -0.05) is 29.4 Å². The molecular formula is C16H15ClN2O2. The lowest BCUT2D eigenvalue weighted by atomic mass is 10.0. The first-order valence-corrected chi connectivity index (χ1v) is 7.26. The monoisotopic (exact) mass is 302 g/mol. The third kappa shape index (κ3) is 3.00. The molecule has 3 aromatic rings. The lowest BCUT2D eigenvalue weighted by Gasteiger charge is -2.06. The highest BCUT2D eigenvalue weighted by molar-refractivity contribution is 6.17. The summed E-state index contributed by atoms with van der Waals surface area (Å²) in [4.78, 5) is 4.35. The molecule has 1 heterocycles. The van der Waals surface area contributed by atoms with Gasteiger partial charge in [0.05, 0.1) is 7.11 Å². The largest absolute Gasteiger partial charge is 0.497 e. The average molecular weight is 303 g/mol. The summed E-state index contributed by atoms with van der Waals surface area (Å²) < 4.78 is 10.5. The number of hydrogen-bond acceptors (Lipinski definition) is 4. The van der Waals surface area contributed by atoms with Crippen LogP contribution < -0.4 is 4.74 Å². The number of ether oxygens (including phenoxy) is 1. The van der Waals surface area contributed by atoms with E-state index < -0.39 is 0 Å². The Hall–Kier alpha value is -2.07. The lowest BCUT2D eigenvalue weighted by Crippen LogP contribution is -1.94. The first kappa shape index (κ1) is 13.9. The molecule has 0 aliphatic heterocycles. The van der Waals surface area contributed by atoms with Crippen LogP contribution in [0, 0.1) is 0 Å². The molecule has 3 rings (SSSR count). The summed E-state index contributed by atoms with van der Waals surface area (Å²) in [6, 6.07) is 12.2. The first-order chi connectivity index (χ1) is 10.3. The summed E-state index contributed by atoms with van der Waals surface area (Å²) >= 11 is 5.68. The number of aromatic nitrogens is 2. The Balaban J connectivity index is 1.95. The first-order valence-electron chi connectivity index (χ1n) is 6.73. The van der Waals surface area contributed by atoms with Gasteiger partial charge < -0.3 is 9.26 Å². The van der Waals surface area contributed by atoms with E-state index in [1.807, 2.05) is 24.3 Å². The smallest absolute Gasteiger partial charge is 0.227 e. The Kier molecular flexibility index (Phi) is 4.06. The van der Waals surface area contributed by atoms with Crippen molar-refractivity contribution in [2.45, 2.75) is 12.8 Å². The predicted molar refractivity (Wildman–Crippen MR) is 82.0 cm³/mol. The standard InChI is InChI=1S/C16H15ClN2O2/c1-20-13-6-5-11-3-2-4-12(14(11)10-13)9-15-18-16(7-8-17)21-19-15/h2-6,10H,7-9H2,1H3. The van der Waals surface area contributed by atoms with E-state index in [4.69, 9.17) is 20.9 Å². The van der Waals surface area contributed by atoms with Gasteiger partial charge in [-0.15, -0.1) is 11.6 Å². The van der Waals surface area contributed by atoms with Crippen LogP contribution in [0.15, 0.2) is 40.9 Å². The van der Waals surface area contributed by atoms with E-state index >= 15 is 0 Å². The number of methoxy groups -OCH3 is 1. The Morgan fingerprint density at radius 1 is 1.24 bits per heavy atom. The number of alkyl halides is 1. The van der Waals surface area contributed by atoms with Gasteiger partial charge in [0.1, 0.15) is 5.75 Å². The molecule has 21 heavy (non-hydrogen) atoms. The van der Waals surface area contributed by atoms with Crippen molar-refractivity contribution in [1.29, 1.82) is 0 Å². The Bertz CT molecular complexity index is 755. The van der Waals surface area contributed by atoms with Gasteiger partial charge in [0.25, 0.3) is 0 Å². The molecular weight excluding hydrogens is 288 g/mol. The maximum absolute atomic E-state index is 5.68. The van der Waals surface area contributed by atoms with Crippen LogP contribution in [0.25, 0.3) is 10.8 Å². The van der Waals surface area contributed by atoms with Crippen molar-refractivity contribution in [3.8, 4) is 5.75 Å². The van der Waals surface area contributed by atoms with E-state index in [9.17, 15) is 0 Å². The zero-order valence-electron chi connectivity index (χ0n) is 11.7. The van der Waals surface area contributed by atoms with Crippen LogP contribution in [0.3, 0.4) is 0 Å². The van der Waals surface area contributed by atoms with Gasteiger partial charge in [0, 0.05) is 18.7 Å². The minimum Gasteiger partial charge on any atom is -0.497 e. The Labute approximate surface area is 127 Å². The SMILES string of the molecule is COc1ccc2cccc(Cc3noc(CCCl)n3)c2c1. The molecule has 0 atom stereocenters. The fraction of sp³-hybridized carbons (Fsp3) is 0.250. The van der Waals surface area contributed by atoms with Crippen molar-refractivity contribution in [2.75, 3.05) is 13.0 Å². The topological polar surface area (TPSA) is 48.2 Å². The maximum Gasteiger partial charge on any atom is 0.227 e. The molecule has 4 nitrogen and oxygen atoms in total. The van der Waals surface area contributed by atoms with Gasteiger partial charge in [-0.3, -0.25) is 0 Å². The number of aryl methyl sites for hydroxylation is 1. The summed E-state index contributed by atoms with van der Waals surface area (Å²) in [5.41, 5.74) is 1.14. The average Bonchev–Trinajstić information content (AvgIpc) is 2.95. The van der Waals surface area contributed by atoms with E-state index in [2.05, 4.69) is 22.3 Å². The highest BCUT2D eigenvalue weighted by atomic mass is 35.5. The summed E-state index contributed by atoms with van der Waals surface area (Å²) in [5, 5.41) is 6.31. The Morgan fingerprint density at radius 3 is 2.95 bits per heavy atom. The van der Waals surface area contributed by atoms with Crippen molar-refractivity contribution in [3.63, 3.8) is 0 Å². The van der Waals surface area contributed by atoms with Crippen LogP contribution >= 0.6 is 11.6 Å². The van der Waals surface area contributed by atoms with Gasteiger partial charge in [0.15, 0.2) is 5.82 Å². The molecule has 0 saturated heterocycles. The minimum absolute atomic E-state index is 0.479. The molecule has 0 spiro atoms. The number of rotatable bonds is 5. The van der Waals surface area contributed by atoms with Crippen molar-refractivity contribution in [3.05, 3.63) is 53.7 Å². The van der Waals surface area contributed by atoms with Crippen LogP contribution in [-0.2, 0) is 12.8 Å². The molecule has 0 fully saturated rings. The minimum atomic E-state index is 0.479. The number of halogens is 1. The van der Waals surface area contributed by atoms with Crippen LogP contribution in [0.4, 0.5) is 0 Å². The molecule has 1 aromatic heterocycles. The summed E-state index contributed by atoms with van der Waals surface area (Å²) in [6.07, 6.45) is 1.22. The maximum atomic E-state index is 5.68. The summed E-state index contributed by atoms with van der Waals surface area (Å²) in [6.45, 7) is 0. The van der Waals surface area contributed by atoms with Crippen molar-refractivity contribution >= 4 is 22.4 Å². The predicted octanol–water partition coefficient (Wildman–Crippen LogP) is 3.60. The molecule has 108 valence electrons. The fourth-order valence-corrected chi connectivity index (χ4v) is 2.47. The number of nitrogens with zero attached hydrogens (tertiary/aromatic N) is 2. The lowest BCUT2D eigenvalue weighted by molar-refractivity contribution is 0.378. The molecule has 0 bridgehead atoms. The normalized spacial score (nSPS) is 11.0. The third-order valence-corrected chi connectivity index (χ3v) is 3.54. The van der Waals surface area contributed by atoms with Crippen molar-refractivity contribution < 1.29 is 9.26 Å². The highest BCUT2D eigenvalue weighted by Gasteiger charge is 2.09. The Morgan fingerprint density at radius 2 is 2.14 bits per heavy atom. The fourth-order valence-electron chi connectivity index (χ4n) is 2.31. The molecule has 0 N–H and O–H groups in total. The highest BCUT2D eigenvalue weighted by Crippen LogP contribution is 2.25. The zero-order valence-corrected chi connectivity index (χ0v) is 12.4. The van der Waals surface area contributed by atoms with Crippen LogP contribution in [0.2, 0.25) is 0 Å². The molecule has 5 heteroatoms.